The minimum Gasteiger partial charge on any atom is -0.386 e. The SMILES string of the molecule is N#Cc1cccc(N2CCC(N)=N2)c1. The van der Waals surface area contributed by atoms with E-state index in [1.165, 1.54) is 0 Å². The molecule has 4 nitrogen and oxygen atoms in total. The van der Waals surface area contributed by atoms with Gasteiger partial charge in [-0.25, -0.2) is 0 Å². The van der Waals surface area contributed by atoms with Gasteiger partial charge in [0.25, 0.3) is 0 Å². The Morgan fingerprint density at radius 1 is 1.50 bits per heavy atom. The Balaban J connectivity index is 2.29. The number of anilines is 1. The summed E-state index contributed by atoms with van der Waals surface area (Å²) in [7, 11) is 0. The summed E-state index contributed by atoms with van der Waals surface area (Å²) >= 11 is 0. The lowest BCUT2D eigenvalue weighted by atomic mass is 10.2. The van der Waals surface area contributed by atoms with Crippen molar-refractivity contribution in [3.05, 3.63) is 29.8 Å². The Kier molecular flexibility index (Phi) is 2.07. The van der Waals surface area contributed by atoms with Crippen LogP contribution in [-0.2, 0) is 0 Å². The maximum Gasteiger partial charge on any atom is 0.122 e. The average molecular weight is 186 g/mol. The van der Waals surface area contributed by atoms with Crippen LogP contribution in [0.5, 0.6) is 0 Å². The minimum absolute atomic E-state index is 0.642. The zero-order valence-corrected chi connectivity index (χ0v) is 7.64. The van der Waals surface area contributed by atoms with Crippen molar-refractivity contribution in [3.8, 4) is 6.07 Å². The monoisotopic (exact) mass is 186 g/mol. The number of benzene rings is 1. The lowest BCUT2D eigenvalue weighted by Crippen LogP contribution is -2.11. The zero-order chi connectivity index (χ0) is 9.97. The molecule has 0 atom stereocenters. The molecule has 0 aliphatic carbocycles. The largest absolute Gasteiger partial charge is 0.386 e. The van der Waals surface area contributed by atoms with Gasteiger partial charge in [-0.1, -0.05) is 6.07 Å². The molecule has 0 fully saturated rings. The van der Waals surface area contributed by atoms with Crippen molar-refractivity contribution < 1.29 is 0 Å². The summed E-state index contributed by atoms with van der Waals surface area (Å²) in [5, 5.41) is 14.7. The van der Waals surface area contributed by atoms with Crippen molar-refractivity contribution in [1.82, 2.24) is 0 Å². The number of hydrogen-bond acceptors (Lipinski definition) is 4. The zero-order valence-electron chi connectivity index (χ0n) is 7.64. The van der Waals surface area contributed by atoms with E-state index in [0.717, 1.165) is 18.7 Å². The maximum atomic E-state index is 8.73. The van der Waals surface area contributed by atoms with E-state index < -0.39 is 0 Å². The quantitative estimate of drug-likeness (QED) is 0.712. The molecule has 0 amide bonds. The lowest BCUT2D eigenvalue weighted by Gasteiger charge is -2.12. The highest BCUT2D eigenvalue weighted by Crippen LogP contribution is 2.19. The van der Waals surface area contributed by atoms with Crippen molar-refractivity contribution in [2.75, 3.05) is 11.6 Å². The molecule has 0 saturated carbocycles. The third kappa shape index (κ3) is 1.52. The van der Waals surface area contributed by atoms with E-state index in [2.05, 4.69) is 11.2 Å². The first kappa shape index (κ1) is 8.57. The molecule has 0 bridgehead atoms. The van der Waals surface area contributed by atoms with Crippen molar-refractivity contribution in [2.45, 2.75) is 6.42 Å². The molecule has 1 aliphatic heterocycles. The number of nitriles is 1. The van der Waals surface area contributed by atoms with Crippen LogP contribution in [0, 0.1) is 11.3 Å². The number of hydrogen-bond donors (Lipinski definition) is 1. The molecule has 2 rings (SSSR count). The Morgan fingerprint density at radius 2 is 2.36 bits per heavy atom. The Labute approximate surface area is 82.2 Å². The summed E-state index contributed by atoms with van der Waals surface area (Å²) in [6.07, 6.45) is 0.788. The van der Waals surface area contributed by atoms with Crippen LogP contribution < -0.4 is 10.7 Å². The van der Waals surface area contributed by atoms with E-state index in [0.29, 0.717) is 11.4 Å². The molecule has 0 spiro atoms. The molecule has 0 saturated heterocycles. The number of nitrogens with two attached hydrogens (primary N) is 1. The van der Waals surface area contributed by atoms with Crippen molar-refractivity contribution in [2.24, 2.45) is 10.8 Å². The molecule has 4 heteroatoms. The van der Waals surface area contributed by atoms with Gasteiger partial charge in [0.1, 0.15) is 5.84 Å². The topological polar surface area (TPSA) is 65.4 Å². The van der Waals surface area contributed by atoms with Gasteiger partial charge in [0.15, 0.2) is 0 Å². The number of rotatable bonds is 1. The normalized spacial score (nSPS) is 15.1. The predicted molar refractivity (Wildman–Crippen MR) is 54.7 cm³/mol. The van der Waals surface area contributed by atoms with Gasteiger partial charge >= 0.3 is 0 Å². The molecular weight excluding hydrogens is 176 g/mol. The molecule has 2 N–H and O–H groups in total. The van der Waals surface area contributed by atoms with Crippen LogP contribution in [0.1, 0.15) is 12.0 Å². The maximum absolute atomic E-state index is 8.73. The van der Waals surface area contributed by atoms with Crippen LogP contribution in [-0.4, -0.2) is 12.4 Å². The summed E-state index contributed by atoms with van der Waals surface area (Å²) in [4.78, 5) is 0. The fraction of sp³-hybridized carbons (Fsp3) is 0.200. The van der Waals surface area contributed by atoms with E-state index in [9.17, 15) is 0 Å². The van der Waals surface area contributed by atoms with Crippen molar-refractivity contribution in [3.63, 3.8) is 0 Å². The van der Waals surface area contributed by atoms with E-state index in [1.54, 1.807) is 6.07 Å². The molecule has 70 valence electrons. The van der Waals surface area contributed by atoms with E-state index in [-0.39, 0.29) is 0 Å². The molecule has 1 aromatic rings. The third-order valence-corrected chi connectivity index (χ3v) is 2.10. The fourth-order valence-electron chi connectivity index (χ4n) is 1.40. The second-order valence-corrected chi connectivity index (χ2v) is 3.13. The third-order valence-electron chi connectivity index (χ3n) is 2.10. The van der Waals surface area contributed by atoms with Gasteiger partial charge in [0.05, 0.1) is 17.3 Å². The summed E-state index contributed by atoms with van der Waals surface area (Å²) in [6.45, 7) is 0.792. The van der Waals surface area contributed by atoms with Gasteiger partial charge in [-0.2, -0.15) is 10.4 Å². The number of nitrogens with zero attached hydrogens (tertiary/aromatic N) is 3. The average Bonchev–Trinajstić information content (AvgIpc) is 2.65. The Hall–Kier alpha value is -2.02. The molecule has 14 heavy (non-hydrogen) atoms. The van der Waals surface area contributed by atoms with Crippen LogP contribution >= 0.6 is 0 Å². The smallest absolute Gasteiger partial charge is 0.122 e. The van der Waals surface area contributed by atoms with Gasteiger partial charge in [-0.05, 0) is 18.2 Å². The number of amidine groups is 1. The molecule has 1 heterocycles. The molecule has 0 unspecified atom stereocenters. The lowest BCUT2D eigenvalue weighted by molar-refractivity contribution is 0.921. The second-order valence-electron chi connectivity index (χ2n) is 3.13. The molecule has 1 aromatic carbocycles. The Morgan fingerprint density at radius 3 is 3.00 bits per heavy atom. The van der Waals surface area contributed by atoms with Gasteiger partial charge in [0, 0.05) is 13.0 Å². The van der Waals surface area contributed by atoms with Gasteiger partial charge in [-0.3, -0.25) is 5.01 Å². The molecule has 0 radical (unpaired) electrons. The molecule has 0 aromatic heterocycles. The predicted octanol–water partition coefficient (Wildman–Crippen LogP) is 1.04. The summed E-state index contributed by atoms with van der Waals surface area (Å²) in [5.74, 6) is 0.646. The summed E-state index contributed by atoms with van der Waals surface area (Å²) in [5.41, 5.74) is 7.14. The van der Waals surface area contributed by atoms with Gasteiger partial charge in [0.2, 0.25) is 0 Å². The summed E-state index contributed by atoms with van der Waals surface area (Å²) in [6, 6.07) is 9.44. The number of hydrazone groups is 1. The van der Waals surface area contributed by atoms with Crippen molar-refractivity contribution in [1.29, 1.82) is 5.26 Å². The molecule has 1 aliphatic rings. The fourth-order valence-corrected chi connectivity index (χ4v) is 1.40. The minimum atomic E-state index is 0.642. The van der Waals surface area contributed by atoms with Gasteiger partial charge < -0.3 is 5.73 Å². The standard InChI is InChI=1S/C10H10N4/c11-7-8-2-1-3-9(6-8)14-5-4-10(12)13-14/h1-3,6H,4-5H2,(H2,12,13). The summed E-state index contributed by atoms with van der Waals surface area (Å²) < 4.78 is 0. The van der Waals surface area contributed by atoms with E-state index >= 15 is 0 Å². The van der Waals surface area contributed by atoms with Crippen molar-refractivity contribution >= 4 is 11.5 Å². The highest BCUT2D eigenvalue weighted by Gasteiger charge is 2.13. The van der Waals surface area contributed by atoms with Crippen LogP contribution in [0.15, 0.2) is 29.4 Å². The molecular formula is C10H10N4. The van der Waals surface area contributed by atoms with Crippen LogP contribution in [0.2, 0.25) is 0 Å². The second kappa shape index (κ2) is 3.38. The van der Waals surface area contributed by atoms with Crippen LogP contribution in [0.4, 0.5) is 5.69 Å². The van der Waals surface area contributed by atoms with Gasteiger partial charge in [-0.15, -0.1) is 0 Å². The van der Waals surface area contributed by atoms with Crippen LogP contribution in [0.25, 0.3) is 0 Å². The van der Waals surface area contributed by atoms with E-state index in [1.807, 2.05) is 23.2 Å². The highest BCUT2D eigenvalue weighted by molar-refractivity contribution is 5.84. The first-order chi connectivity index (χ1) is 6.79. The Bertz CT molecular complexity index is 416. The van der Waals surface area contributed by atoms with E-state index in [4.69, 9.17) is 11.0 Å². The first-order valence-electron chi connectivity index (χ1n) is 4.40. The first-order valence-corrected chi connectivity index (χ1v) is 4.40. The highest BCUT2D eigenvalue weighted by atomic mass is 15.5. The van der Waals surface area contributed by atoms with Crippen LogP contribution in [0.3, 0.4) is 0 Å².